The fourth-order valence-electron chi connectivity index (χ4n) is 1.27. The van der Waals surface area contributed by atoms with Crippen LogP contribution in [0.5, 0.6) is 5.88 Å². The molecule has 0 aromatic carbocycles. The van der Waals surface area contributed by atoms with E-state index in [1.807, 2.05) is 12.1 Å². The molecule has 0 amide bonds. The van der Waals surface area contributed by atoms with Gasteiger partial charge < -0.3 is 9.64 Å². The third kappa shape index (κ3) is 4.62. The van der Waals surface area contributed by atoms with Crippen molar-refractivity contribution in [2.24, 2.45) is 0 Å². The van der Waals surface area contributed by atoms with Gasteiger partial charge in [-0.15, -0.1) is 0 Å². The lowest BCUT2D eigenvalue weighted by Crippen LogP contribution is -2.28. The predicted molar refractivity (Wildman–Crippen MR) is 65.2 cm³/mol. The van der Waals surface area contributed by atoms with Crippen molar-refractivity contribution in [3.63, 3.8) is 0 Å². The Kier molecular flexibility index (Phi) is 5.65. The molecule has 0 spiro atoms. The fourth-order valence-corrected chi connectivity index (χ4v) is 1.50. The van der Waals surface area contributed by atoms with E-state index in [0.29, 0.717) is 12.5 Å². The molecule has 4 heteroatoms. The molecule has 0 aliphatic carbocycles. The zero-order chi connectivity index (χ0) is 11.1. The van der Waals surface area contributed by atoms with Crippen molar-refractivity contribution in [3.8, 4) is 5.88 Å². The Balaban J connectivity index is 2.28. The zero-order valence-electron chi connectivity index (χ0n) is 9.24. The summed E-state index contributed by atoms with van der Waals surface area (Å²) >= 11 is 3.33. The third-order valence-electron chi connectivity index (χ3n) is 2.25. The van der Waals surface area contributed by atoms with Crippen molar-refractivity contribution in [2.45, 2.75) is 13.8 Å². The van der Waals surface area contributed by atoms with Crippen LogP contribution in [0.25, 0.3) is 0 Å². The van der Waals surface area contributed by atoms with Crippen LogP contribution in [0, 0.1) is 0 Å². The minimum atomic E-state index is 0.686. The molecule has 1 aromatic rings. The second-order valence-corrected chi connectivity index (χ2v) is 4.11. The number of halogens is 1. The molecule has 15 heavy (non-hydrogen) atoms. The molecule has 0 saturated heterocycles. The van der Waals surface area contributed by atoms with Crippen molar-refractivity contribution in [1.82, 2.24) is 9.88 Å². The molecule has 0 atom stereocenters. The molecule has 3 nitrogen and oxygen atoms in total. The average Bonchev–Trinajstić information content (AvgIpc) is 2.27. The summed E-state index contributed by atoms with van der Waals surface area (Å²) in [6, 6.07) is 3.80. The Labute approximate surface area is 99.6 Å². The van der Waals surface area contributed by atoms with Crippen LogP contribution in [-0.2, 0) is 0 Å². The standard InChI is InChI=1S/C11H17BrN2O/c1-3-14(4-2)7-8-15-11-6-5-10(12)9-13-11/h5-6,9H,3-4,7-8H2,1-2H3. The van der Waals surface area contributed by atoms with Gasteiger partial charge in [-0.3, -0.25) is 0 Å². The summed E-state index contributed by atoms with van der Waals surface area (Å²) in [6.45, 7) is 8.07. The van der Waals surface area contributed by atoms with Gasteiger partial charge in [0.05, 0.1) is 0 Å². The Morgan fingerprint density at radius 2 is 2.07 bits per heavy atom. The molecule has 0 saturated carbocycles. The Bertz CT molecular complexity index is 272. The van der Waals surface area contributed by atoms with E-state index in [1.165, 1.54) is 0 Å². The number of pyridine rings is 1. The van der Waals surface area contributed by atoms with E-state index in [-0.39, 0.29) is 0 Å². The summed E-state index contributed by atoms with van der Waals surface area (Å²) in [7, 11) is 0. The van der Waals surface area contributed by atoms with Gasteiger partial charge in [0.2, 0.25) is 5.88 Å². The molecule has 0 radical (unpaired) electrons. The van der Waals surface area contributed by atoms with Crippen molar-refractivity contribution in [1.29, 1.82) is 0 Å². The van der Waals surface area contributed by atoms with Crippen LogP contribution in [0.4, 0.5) is 0 Å². The summed E-state index contributed by atoms with van der Waals surface area (Å²) in [4.78, 5) is 6.46. The second-order valence-electron chi connectivity index (χ2n) is 3.19. The van der Waals surface area contributed by atoms with Gasteiger partial charge in [-0.1, -0.05) is 13.8 Å². The van der Waals surface area contributed by atoms with E-state index in [9.17, 15) is 0 Å². The quantitative estimate of drug-likeness (QED) is 0.796. The highest BCUT2D eigenvalue weighted by atomic mass is 79.9. The van der Waals surface area contributed by atoms with Crippen molar-refractivity contribution in [3.05, 3.63) is 22.8 Å². The van der Waals surface area contributed by atoms with Crippen LogP contribution in [0.15, 0.2) is 22.8 Å². The normalized spacial score (nSPS) is 10.7. The highest BCUT2D eigenvalue weighted by molar-refractivity contribution is 9.10. The first-order valence-electron chi connectivity index (χ1n) is 5.23. The number of likely N-dealkylation sites (N-methyl/N-ethyl adjacent to an activating group) is 1. The molecule has 0 aliphatic heterocycles. The predicted octanol–water partition coefficient (Wildman–Crippen LogP) is 2.56. The van der Waals surface area contributed by atoms with Gasteiger partial charge in [0.25, 0.3) is 0 Å². The minimum Gasteiger partial charge on any atom is -0.476 e. The van der Waals surface area contributed by atoms with Gasteiger partial charge in [-0.25, -0.2) is 4.98 Å². The van der Waals surface area contributed by atoms with Gasteiger partial charge in [-0.05, 0) is 35.1 Å². The lowest BCUT2D eigenvalue weighted by molar-refractivity contribution is 0.218. The van der Waals surface area contributed by atoms with Crippen LogP contribution < -0.4 is 4.74 Å². The summed E-state index contributed by atoms with van der Waals surface area (Å²) in [6.07, 6.45) is 1.74. The van der Waals surface area contributed by atoms with Gasteiger partial charge >= 0.3 is 0 Å². The van der Waals surface area contributed by atoms with Crippen LogP contribution in [0.3, 0.4) is 0 Å². The average molecular weight is 273 g/mol. The third-order valence-corrected chi connectivity index (χ3v) is 2.72. The molecule has 0 unspecified atom stereocenters. The molecule has 1 rings (SSSR count). The van der Waals surface area contributed by atoms with Crippen LogP contribution in [-0.4, -0.2) is 36.1 Å². The largest absolute Gasteiger partial charge is 0.476 e. The van der Waals surface area contributed by atoms with E-state index >= 15 is 0 Å². The molecule has 84 valence electrons. The van der Waals surface area contributed by atoms with Gasteiger partial charge in [0.15, 0.2) is 0 Å². The number of aromatic nitrogens is 1. The molecule has 1 aromatic heterocycles. The van der Waals surface area contributed by atoms with Crippen molar-refractivity contribution >= 4 is 15.9 Å². The zero-order valence-corrected chi connectivity index (χ0v) is 10.8. The molecule has 1 heterocycles. The van der Waals surface area contributed by atoms with Crippen molar-refractivity contribution in [2.75, 3.05) is 26.2 Å². The van der Waals surface area contributed by atoms with E-state index in [1.54, 1.807) is 6.20 Å². The maximum Gasteiger partial charge on any atom is 0.213 e. The van der Waals surface area contributed by atoms with E-state index < -0.39 is 0 Å². The number of hydrogen-bond donors (Lipinski definition) is 0. The second kappa shape index (κ2) is 6.80. The van der Waals surface area contributed by atoms with Gasteiger partial charge in [0, 0.05) is 23.3 Å². The monoisotopic (exact) mass is 272 g/mol. The number of hydrogen-bond acceptors (Lipinski definition) is 3. The minimum absolute atomic E-state index is 0.686. The molecule has 0 fully saturated rings. The molecular formula is C11H17BrN2O. The van der Waals surface area contributed by atoms with Crippen LogP contribution >= 0.6 is 15.9 Å². The van der Waals surface area contributed by atoms with Crippen molar-refractivity contribution < 1.29 is 4.74 Å². The Hall–Kier alpha value is -0.610. The topological polar surface area (TPSA) is 25.4 Å². The first kappa shape index (κ1) is 12.5. The molecule has 0 bridgehead atoms. The smallest absolute Gasteiger partial charge is 0.213 e. The fraction of sp³-hybridized carbons (Fsp3) is 0.545. The number of nitrogens with zero attached hydrogens (tertiary/aromatic N) is 2. The Morgan fingerprint density at radius 1 is 1.33 bits per heavy atom. The lowest BCUT2D eigenvalue weighted by atomic mass is 10.5. The summed E-state index contributed by atoms with van der Waals surface area (Å²) in [5, 5.41) is 0. The number of rotatable bonds is 6. The van der Waals surface area contributed by atoms with Crippen LogP contribution in [0.2, 0.25) is 0 Å². The first-order valence-corrected chi connectivity index (χ1v) is 6.02. The first-order chi connectivity index (χ1) is 7.26. The van der Waals surface area contributed by atoms with Crippen LogP contribution in [0.1, 0.15) is 13.8 Å². The summed E-state index contributed by atoms with van der Waals surface area (Å²) in [5.41, 5.74) is 0. The highest BCUT2D eigenvalue weighted by Gasteiger charge is 1.99. The SMILES string of the molecule is CCN(CC)CCOc1ccc(Br)cn1. The summed E-state index contributed by atoms with van der Waals surface area (Å²) in [5.74, 6) is 0.686. The van der Waals surface area contributed by atoms with Gasteiger partial charge in [-0.2, -0.15) is 0 Å². The maximum absolute atomic E-state index is 5.52. The number of ether oxygens (including phenoxy) is 1. The Morgan fingerprint density at radius 3 is 2.60 bits per heavy atom. The lowest BCUT2D eigenvalue weighted by Gasteiger charge is -2.17. The van der Waals surface area contributed by atoms with E-state index in [0.717, 1.165) is 24.1 Å². The maximum atomic E-state index is 5.52. The van der Waals surface area contributed by atoms with E-state index in [2.05, 4.69) is 39.7 Å². The van der Waals surface area contributed by atoms with Gasteiger partial charge in [0.1, 0.15) is 6.61 Å². The summed E-state index contributed by atoms with van der Waals surface area (Å²) < 4.78 is 6.49. The van der Waals surface area contributed by atoms with E-state index in [4.69, 9.17) is 4.74 Å². The molecule has 0 aliphatic rings. The highest BCUT2D eigenvalue weighted by Crippen LogP contribution is 2.11. The molecular weight excluding hydrogens is 256 g/mol. The molecule has 0 N–H and O–H groups in total.